The lowest BCUT2D eigenvalue weighted by Crippen LogP contribution is -2.12. The lowest BCUT2D eigenvalue weighted by atomic mass is 10.2. The molecule has 5 nitrogen and oxygen atoms in total. The molecule has 112 valence electrons. The molecule has 3 aromatic rings. The summed E-state index contributed by atoms with van der Waals surface area (Å²) >= 11 is 0. The first-order chi connectivity index (χ1) is 10.7. The van der Waals surface area contributed by atoms with Crippen LogP contribution in [0.25, 0.3) is 0 Å². The van der Waals surface area contributed by atoms with Gasteiger partial charge in [0.2, 0.25) is 5.89 Å². The van der Waals surface area contributed by atoms with E-state index in [0.29, 0.717) is 18.3 Å². The Morgan fingerprint density at radius 3 is 2.50 bits per heavy atom. The third-order valence-electron chi connectivity index (χ3n) is 3.41. The Bertz CT molecular complexity index is 739. The molecule has 0 aliphatic rings. The maximum absolute atomic E-state index is 5.13. The summed E-state index contributed by atoms with van der Waals surface area (Å²) < 4.78 is 5.13. The van der Waals surface area contributed by atoms with Gasteiger partial charge < -0.3 is 14.7 Å². The number of aromatic nitrogens is 2. The molecule has 0 saturated heterocycles. The minimum absolute atomic E-state index is 0.500. The van der Waals surface area contributed by atoms with E-state index in [1.54, 1.807) is 0 Å². The van der Waals surface area contributed by atoms with Gasteiger partial charge in [0.1, 0.15) is 0 Å². The number of para-hydroxylation sites is 3. The fourth-order valence-corrected chi connectivity index (χ4v) is 2.29. The van der Waals surface area contributed by atoms with Crippen molar-refractivity contribution in [3.63, 3.8) is 0 Å². The zero-order valence-corrected chi connectivity index (χ0v) is 12.7. The molecule has 0 saturated carbocycles. The molecule has 1 heterocycles. The van der Waals surface area contributed by atoms with Crippen molar-refractivity contribution < 1.29 is 4.52 Å². The number of anilines is 3. The van der Waals surface area contributed by atoms with Crippen molar-refractivity contribution in [3.8, 4) is 0 Å². The molecule has 1 aromatic heterocycles. The maximum Gasteiger partial charge on any atom is 0.245 e. The van der Waals surface area contributed by atoms with Gasteiger partial charge in [0.15, 0.2) is 5.82 Å². The van der Waals surface area contributed by atoms with E-state index in [9.17, 15) is 0 Å². The molecular formula is C17H18N4O. The Labute approximate surface area is 129 Å². The highest BCUT2D eigenvalue weighted by molar-refractivity contribution is 5.75. The Hall–Kier alpha value is -2.82. The summed E-state index contributed by atoms with van der Waals surface area (Å²) in [5.74, 6) is 1.22. The monoisotopic (exact) mass is 294 g/mol. The van der Waals surface area contributed by atoms with Gasteiger partial charge in [-0.15, -0.1) is 0 Å². The van der Waals surface area contributed by atoms with Crippen LogP contribution in [-0.4, -0.2) is 17.2 Å². The first-order valence-corrected chi connectivity index (χ1v) is 7.15. The summed E-state index contributed by atoms with van der Waals surface area (Å²) in [6, 6.07) is 18.4. The fourth-order valence-electron chi connectivity index (χ4n) is 2.29. The van der Waals surface area contributed by atoms with Gasteiger partial charge in [-0.1, -0.05) is 35.5 Å². The summed E-state index contributed by atoms with van der Waals surface area (Å²) in [6.45, 7) is 2.31. The van der Waals surface area contributed by atoms with Crippen LogP contribution in [0.2, 0.25) is 0 Å². The minimum atomic E-state index is 0.500. The highest BCUT2D eigenvalue weighted by Crippen LogP contribution is 2.30. The van der Waals surface area contributed by atoms with Gasteiger partial charge in [0, 0.05) is 12.7 Å². The average molecular weight is 294 g/mol. The van der Waals surface area contributed by atoms with Crippen molar-refractivity contribution in [1.29, 1.82) is 0 Å². The van der Waals surface area contributed by atoms with E-state index in [0.717, 1.165) is 17.1 Å². The molecule has 0 aliphatic carbocycles. The number of hydrogen-bond donors (Lipinski definition) is 1. The molecule has 0 unspecified atom stereocenters. The molecule has 5 heteroatoms. The Kier molecular flexibility index (Phi) is 4.05. The molecule has 0 fully saturated rings. The van der Waals surface area contributed by atoms with Gasteiger partial charge >= 0.3 is 0 Å². The van der Waals surface area contributed by atoms with E-state index in [2.05, 4.69) is 38.6 Å². The molecule has 22 heavy (non-hydrogen) atoms. The molecule has 0 radical (unpaired) electrons. The second-order valence-corrected chi connectivity index (χ2v) is 5.00. The van der Waals surface area contributed by atoms with Gasteiger partial charge in [-0.25, -0.2) is 0 Å². The molecular weight excluding hydrogens is 276 g/mol. The van der Waals surface area contributed by atoms with Crippen LogP contribution in [0.5, 0.6) is 0 Å². The van der Waals surface area contributed by atoms with Gasteiger partial charge in [-0.05, 0) is 31.2 Å². The van der Waals surface area contributed by atoms with Crippen LogP contribution in [0.3, 0.4) is 0 Å². The number of hydrogen-bond acceptors (Lipinski definition) is 5. The van der Waals surface area contributed by atoms with Gasteiger partial charge in [-0.2, -0.15) is 4.98 Å². The number of aryl methyl sites for hydroxylation is 1. The van der Waals surface area contributed by atoms with E-state index in [1.807, 2.05) is 50.4 Å². The third kappa shape index (κ3) is 3.09. The maximum atomic E-state index is 5.13. The average Bonchev–Trinajstić information content (AvgIpc) is 2.99. The van der Waals surface area contributed by atoms with Crippen molar-refractivity contribution in [1.82, 2.24) is 10.1 Å². The van der Waals surface area contributed by atoms with Crippen LogP contribution in [0.1, 0.15) is 11.7 Å². The standard InChI is InChI=1S/C17H18N4O/c1-13-19-17(22-20-13)12-18-15-10-6-7-11-16(15)21(2)14-8-4-3-5-9-14/h3-11,18H,12H2,1-2H3. The Morgan fingerprint density at radius 1 is 1.05 bits per heavy atom. The predicted molar refractivity (Wildman–Crippen MR) is 87.3 cm³/mol. The lowest BCUT2D eigenvalue weighted by molar-refractivity contribution is 0.379. The summed E-state index contributed by atoms with van der Waals surface area (Å²) in [7, 11) is 2.05. The topological polar surface area (TPSA) is 54.2 Å². The molecule has 3 rings (SSSR count). The van der Waals surface area contributed by atoms with Crippen LogP contribution < -0.4 is 10.2 Å². The van der Waals surface area contributed by atoms with Crippen LogP contribution >= 0.6 is 0 Å². The van der Waals surface area contributed by atoms with Crippen molar-refractivity contribution in [2.24, 2.45) is 0 Å². The molecule has 2 aromatic carbocycles. The molecule has 0 spiro atoms. The van der Waals surface area contributed by atoms with E-state index >= 15 is 0 Å². The highest BCUT2D eigenvalue weighted by atomic mass is 16.5. The predicted octanol–water partition coefficient (Wildman–Crippen LogP) is 3.76. The Morgan fingerprint density at radius 2 is 1.77 bits per heavy atom. The van der Waals surface area contributed by atoms with E-state index in [4.69, 9.17) is 4.52 Å². The second-order valence-electron chi connectivity index (χ2n) is 5.00. The number of benzene rings is 2. The van der Waals surface area contributed by atoms with Crippen molar-refractivity contribution >= 4 is 17.1 Å². The summed E-state index contributed by atoms with van der Waals surface area (Å²) in [4.78, 5) is 6.34. The van der Waals surface area contributed by atoms with Crippen LogP contribution in [0, 0.1) is 6.92 Å². The molecule has 1 N–H and O–H groups in total. The summed E-state index contributed by atoms with van der Waals surface area (Å²) in [5.41, 5.74) is 3.24. The molecule has 0 bridgehead atoms. The van der Waals surface area contributed by atoms with Gasteiger partial charge in [-0.3, -0.25) is 0 Å². The van der Waals surface area contributed by atoms with Gasteiger partial charge in [0.25, 0.3) is 0 Å². The van der Waals surface area contributed by atoms with Gasteiger partial charge in [0.05, 0.1) is 17.9 Å². The molecule has 0 aliphatic heterocycles. The van der Waals surface area contributed by atoms with Crippen LogP contribution in [-0.2, 0) is 6.54 Å². The summed E-state index contributed by atoms with van der Waals surface area (Å²) in [6.07, 6.45) is 0. The van der Waals surface area contributed by atoms with Crippen molar-refractivity contribution in [3.05, 3.63) is 66.3 Å². The van der Waals surface area contributed by atoms with Crippen molar-refractivity contribution in [2.45, 2.75) is 13.5 Å². The highest BCUT2D eigenvalue weighted by Gasteiger charge is 2.09. The van der Waals surface area contributed by atoms with E-state index < -0.39 is 0 Å². The third-order valence-corrected chi connectivity index (χ3v) is 3.41. The van der Waals surface area contributed by atoms with Crippen LogP contribution in [0.4, 0.5) is 17.1 Å². The van der Waals surface area contributed by atoms with Crippen molar-refractivity contribution in [2.75, 3.05) is 17.3 Å². The first-order valence-electron chi connectivity index (χ1n) is 7.15. The first kappa shape index (κ1) is 14.1. The second kappa shape index (κ2) is 6.30. The number of rotatable bonds is 5. The fraction of sp³-hybridized carbons (Fsp3) is 0.176. The number of nitrogens with zero attached hydrogens (tertiary/aromatic N) is 3. The number of nitrogens with one attached hydrogen (secondary N) is 1. The normalized spacial score (nSPS) is 10.5. The zero-order valence-electron chi connectivity index (χ0n) is 12.7. The smallest absolute Gasteiger partial charge is 0.245 e. The minimum Gasteiger partial charge on any atom is -0.374 e. The SMILES string of the molecule is Cc1noc(CNc2ccccc2N(C)c2ccccc2)n1. The summed E-state index contributed by atoms with van der Waals surface area (Å²) in [5, 5.41) is 7.15. The quantitative estimate of drug-likeness (QED) is 0.776. The van der Waals surface area contributed by atoms with E-state index in [1.165, 1.54) is 0 Å². The Balaban J connectivity index is 1.80. The zero-order chi connectivity index (χ0) is 15.4. The van der Waals surface area contributed by atoms with E-state index in [-0.39, 0.29) is 0 Å². The molecule has 0 atom stereocenters. The molecule has 0 amide bonds. The largest absolute Gasteiger partial charge is 0.374 e. The van der Waals surface area contributed by atoms with Crippen LogP contribution in [0.15, 0.2) is 59.1 Å². The lowest BCUT2D eigenvalue weighted by Gasteiger charge is -2.22.